The molecule has 3 heterocycles. The lowest BCUT2D eigenvalue weighted by Crippen LogP contribution is -2.48. The van der Waals surface area contributed by atoms with Crippen LogP contribution in [0.5, 0.6) is 0 Å². The zero-order valence-corrected chi connectivity index (χ0v) is 14.5. The van der Waals surface area contributed by atoms with Crippen LogP contribution in [-0.2, 0) is 26.6 Å². The molecule has 0 amide bonds. The molecule has 0 radical (unpaired) electrons. The number of aliphatic hydroxyl groups excluding tert-OH is 1. The topological polar surface area (TPSA) is 75.2 Å². The first-order valence-electron chi connectivity index (χ1n) is 8.63. The van der Waals surface area contributed by atoms with Crippen molar-refractivity contribution in [3.63, 3.8) is 0 Å². The summed E-state index contributed by atoms with van der Waals surface area (Å²) in [6.07, 6.45) is 4.14. The standard InChI is InChI=1S/C16H27N7O/c1-3-15-18-19-16(20(15)2)13-22-9-7-21(8-10-22)11-14(24)12-23-6-4-5-17-23/h4-6,14,24H,3,7-13H2,1-2H3/t14-/m0/s1. The maximum atomic E-state index is 10.2. The third-order valence-corrected chi connectivity index (χ3v) is 4.63. The predicted octanol–water partition coefficient (Wildman–Crippen LogP) is -0.247. The molecular formula is C16H27N7O. The van der Waals surface area contributed by atoms with Crippen molar-refractivity contribution in [2.24, 2.45) is 7.05 Å². The van der Waals surface area contributed by atoms with E-state index in [0.717, 1.165) is 50.8 Å². The monoisotopic (exact) mass is 333 g/mol. The second kappa shape index (κ2) is 7.87. The maximum absolute atomic E-state index is 10.2. The third kappa shape index (κ3) is 4.19. The van der Waals surface area contributed by atoms with E-state index in [-0.39, 0.29) is 6.10 Å². The number of aliphatic hydroxyl groups is 1. The van der Waals surface area contributed by atoms with Crippen LogP contribution in [0.2, 0.25) is 0 Å². The van der Waals surface area contributed by atoms with Crippen LogP contribution in [0.1, 0.15) is 18.6 Å². The van der Waals surface area contributed by atoms with Crippen molar-refractivity contribution in [2.45, 2.75) is 32.5 Å². The quantitative estimate of drug-likeness (QED) is 0.753. The summed E-state index contributed by atoms with van der Waals surface area (Å²) >= 11 is 0. The van der Waals surface area contributed by atoms with E-state index in [9.17, 15) is 5.11 Å². The van der Waals surface area contributed by atoms with Gasteiger partial charge in [-0.1, -0.05) is 6.92 Å². The summed E-state index contributed by atoms with van der Waals surface area (Å²) in [6.45, 7) is 8.09. The van der Waals surface area contributed by atoms with Gasteiger partial charge in [0, 0.05) is 58.6 Å². The molecule has 1 atom stereocenters. The maximum Gasteiger partial charge on any atom is 0.146 e. The number of aryl methyl sites for hydroxylation is 1. The molecule has 0 unspecified atom stereocenters. The summed E-state index contributed by atoms with van der Waals surface area (Å²) in [6, 6.07) is 1.88. The van der Waals surface area contributed by atoms with E-state index in [2.05, 4.69) is 36.6 Å². The summed E-state index contributed by atoms with van der Waals surface area (Å²) in [5.74, 6) is 2.06. The van der Waals surface area contributed by atoms with E-state index in [0.29, 0.717) is 13.1 Å². The highest BCUT2D eigenvalue weighted by molar-refractivity contribution is 4.95. The van der Waals surface area contributed by atoms with Gasteiger partial charge in [-0.15, -0.1) is 10.2 Å². The average molecular weight is 333 g/mol. The molecule has 0 aliphatic carbocycles. The molecule has 3 rings (SSSR count). The molecule has 2 aromatic heterocycles. The Bertz CT molecular complexity index is 616. The second-order valence-corrected chi connectivity index (χ2v) is 6.40. The predicted molar refractivity (Wildman–Crippen MR) is 90.3 cm³/mol. The lowest BCUT2D eigenvalue weighted by molar-refractivity contribution is 0.0595. The van der Waals surface area contributed by atoms with Crippen LogP contribution in [0.15, 0.2) is 18.5 Å². The summed E-state index contributed by atoms with van der Waals surface area (Å²) in [5.41, 5.74) is 0. The molecule has 1 saturated heterocycles. The average Bonchev–Trinajstić information content (AvgIpc) is 3.20. The van der Waals surface area contributed by atoms with Gasteiger partial charge in [-0.3, -0.25) is 14.5 Å². The number of piperazine rings is 1. The van der Waals surface area contributed by atoms with Gasteiger partial charge in [0.1, 0.15) is 11.6 Å². The fourth-order valence-electron chi connectivity index (χ4n) is 3.15. The molecule has 1 aliphatic heterocycles. The Morgan fingerprint density at radius 1 is 1.08 bits per heavy atom. The smallest absolute Gasteiger partial charge is 0.146 e. The molecule has 2 aromatic rings. The summed E-state index contributed by atoms with van der Waals surface area (Å²) < 4.78 is 3.88. The molecule has 24 heavy (non-hydrogen) atoms. The van der Waals surface area contributed by atoms with Crippen molar-refractivity contribution < 1.29 is 5.11 Å². The Labute approximate surface area is 142 Å². The van der Waals surface area contributed by atoms with Crippen LogP contribution in [0.4, 0.5) is 0 Å². The molecule has 0 bridgehead atoms. The van der Waals surface area contributed by atoms with Gasteiger partial charge >= 0.3 is 0 Å². The molecular weight excluding hydrogens is 306 g/mol. The Morgan fingerprint density at radius 2 is 1.79 bits per heavy atom. The first kappa shape index (κ1) is 17.1. The molecule has 8 heteroatoms. The summed E-state index contributed by atoms with van der Waals surface area (Å²) in [4.78, 5) is 4.72. The molecule has 1 fully saturated rings. The number of rotatable bonds is 7. The lowest BCUT2D eigenvalue weighted by atomic mass is 10.2. The van der Waals surface area contributed by atoms with Gasteiger partial charge in [0.25, 0.3) is 0 Å². The molecule has 0 spiro atoms. The number of nitrogens with zero attached hydrogens (tertiary/aromatic N) is 7. The first-order chi connectivity index (χ1) is 11.7. The minimum atomic E-state index is -0.387. The van der Waals surface area contributed by atoms with Crippen LogP contribution in [0, 0.1) is 0 Å². The van der Waals surface area contributed by atoms with Crippen LogP contribution < -0.4 is 0 Å². The SMILES string of the molecule is CCc1nnc(CN2CCN(C[C@H](O)Cn3cccn3)CC2)n1C. The van der Waals surface area contributed by atoms with E-state index < -0.39 is 0 Å². The molecule has 1 aliphatic rings. The molecule has 0 saturated carbocycles. The minimum absolute atomic E-state index is 0.387. The number of aromatic nitrogens is 5. The molecule has 132 valence electrons. The highest BCUT2D eigenvalue weighted by Crippen LogP contribution is 2.09. The number of hydrogen-bond donors (Lipinski definition) is 1. The van der Waals surface area contributed by atoms with Crippen LogP contribution in [0.3, 0.4) is 0 Å². The van der Waals surface area contributed by atoms with Crippen molar-refractivity contribution in [1.29, 1.82) is 0 Å². The van der Waals surface area contributed by atoms with Crippen molar-refractivity contribution in [1.82, 2.24) is 34.3 Å². The van der Waals surface area contributed by atoms with Crippen LogP contribution in [0.25, 0.3) is 0 Å². The largest absolute Gasteiger partial charge is 0.390 e. The molecule has 0 aromatic carbocycles. The van der Waals surface area contributed by atoms with E-state index in [1.807, 2.05) is 19.3 Å². The minimum Gasteiger partial charge on any atom is -0.390 e. The normalized spacial score (nSPS) is 18.1. The van der Waals surface area contributed by atoms with Crippen LogP contribution >= 0.6 is 0 Å². The lowest BCUT2D eigenvalue weighted by Gasteiger charge is -2.35. The van der Waals surface area contributed by atoms with Gasteiger partial charge in [-0.25, -0.2) is 0 Å². The highest BCUT2D eigenvalue weighted by Gasteiger charge is 2.21. The third-order valence-electron chi connectivity index (χ3n) is 4.63. The van der Waals surface area contributed by atoms with Gasteiger partial charge in [-0.05, 0) is 6.07 Å². The van der Waals surface area contributed by atoms with Gasteiger partial charge in [-0.2, -0.15) is 5.10 Å². The van der Waals surface area contributed by atoms with Crippen molar-refractivity contribution >= 4 is 0 Å². The van der Waals surface area contributed by atoms with Gasteiger partial charge < -0.3 is 9.67 Å². The highest BCUT2D eigenvalue weighted by atomic mass is 16.3. The van der Waals surface area contributed by atoms with E-state index in [4.69, 9.17) is 0 Å². The number of hydrogen-bond acceptors (Lipinski definition) is 6. The van der Waals surface area contributed by atoms with E-state index in [1.165, 1.54) is 0 Å². The van der Waals surface area contributed by atoms with Crippen molar-refractivity contribution in [3.8, 4) is 0 Å². The van der Waals surface area contributed by atoms with E-state index in [1.54, 1.807) is 10.9 Å². The van der Waals surface area contributed by atoms with Gasteiger partial charge in [0.15, 0.2) is 0 Å². The first-order valence-corrected chi connectivity index (χ1v) is 8.63. The number of β-amino-alcohol motifs (C(OH)–C–C–N with tert-alkyl or cyclic N) is 1. The van der Waals surface area contributed by atoms with Gasteiger partial charge in [0.05, 0.1) is 19.2 Å². The molecule has 8 nitrogen and oxygen atoms in total. The van der Waals surface area contributed by atoms with E-state index >= 15 is 0 Å². The Hall–Kier alpha value is -1.77. The Balaban J connectivity index is 1.43. The Morgan fingerprint density at radius 3 is 2.42 bits per heavy atom. The van der Waals surface area contributed by atoms with Crippen LogP contribution in [-0.4, -0.2) is 78.3 Å². The second-order valence-electron chi connectivity index (χ2n) is 6.40. The molecule has 1 N–H and O–H groups in total. The fraction of sp³-hybridized carbons (Fsp3) is 0.688. The summed E-state index contributed by atoms with van der Waals surface area (Å²) in [5, 5.41) is 22.9. The Kier molecular flexibility index (Phi) is 5.60. The zero-order valence-electron chi connectivity index (χ0n) is 14.5. The summed E-state index contributed by atoms with van der Waals surface area (Å²) in [7, 11) is 2.04. The fourth-order valence-corrected chi connectivity index (χ4v) is 3.15. The van der Waals surface area contributed by atoms with Crippen molar-refractivity contribution in [3.05, 3.63) is 30.1 Å². The van der Waals surface area contributed by atoms with Crippen molar-refractivity contribution in [2.75, 3.05) is 32.7 Å². The zero-order chi connectivity index (χ0) is 16.9. The van der Waals surface area contributed by atoms with Gasteiger partial charge in [0.2, 0.25) is 0 Å².